The zero-order valence-electron chi connectivity index (χ0n) is 18.7. The van der Waals surface area contributed by atoms with Gasteiger partial charge >= 0.3 is 0 Å². The molecular weight excluding hydrogens is 429 g/mol. The number of halogens is 1. The van der Waals surface area contributed by atoms with Crippen molar-refractivity contribution < 1.29 is 24.0 Å². The van der Waals surface area contributed by atoms with Gasteiger partial charge in [0.1, 0.15) is 11.6 Å². The van der Waals surface area contributed by atoms with Gasteiger partial charge in [-0.3, -0.25) is 19.7 Å². The number of nitrogens with zero attached hydrogens (tertiary/aromatic N) is 3. The topological polar surface area (TPSA) is 104 Å². The molecule has 33 heavy (non-hydrogen) atoms. The summed E-state index contributed by atoms with van der Waals surface area (Å²) in [5.41, 5.74) is 0.578. The lowest BCUT2D eigenvalue weighted by molar-refractivity contribution is -0.384. The monoisotopic (exact) mass is 455 g/mol. The van der Waals surface area contributed by atoms with Crippen LogP contribution in [0.2, 0.25) is 0 Å². The number of benzene rings is 2. The summed E-state index contributed by atoms with van der Waals surface area (Å²) in [7, 11) is 0. The molecule has 0 bridgehead atoms. The Kier molecular flexibility index (Phi) is 7.23. The van der Waals surface area contributed by atoms with Crippen LogP contribution in [0.1, 0.15) is 36.6 Å². The maximum absolute atomic E-state index is 14.1. The zero-order valence-corrected chi connectivity index (χ0v) is 18.7. The molecule has 1 atom stereocenters. The number of non-ortho nitro benzene ring substituents is 1. The van der Waals surface area contributed by atoms with Gasteiger partial charge < -0.3 is 14.9 Å². The van der Waals surface area contributed by atoms with Crippen LogP contribution in [0.3, 0.4) is 0 Å². The van der Waals surface area contributed by atoms with Gasteiger partial charge in [-0.25, -0.2) is 4.39 Å². The van der Waals surface area contributed by atoms with Crippen molar-refractivity contribution in [1.29, 1.82) is 0 Å². The van der Waals surface area contributed by atoms with E-state index in [0.29, 0.717) is 17.7 Å². The number of hydrogen-bond acceptors (Lipinski definition) is 6. The van der Waals surface area contributed by atoms with Crippen molar-refractivity contribution in [2.75, 3.05) is 26.2 Å². The molecule has 9 heteroatoms. The number of hydrogen-bond donors (Lipinski definition) is 1. The smallest absolute Gasteiger partial charge is 0.295 e. The molecule has 2 aromatic carbocycles. The molecule has 3 rings (SSSR count). The Morgan fingerprint density at radius 2 is 1.79 bits per heavy atom. The highest BCUT2D eigenvalue weighted by molar-refractivity contribution is 6.46. The Labute approximate surface area is 191 Å². The van der Waals surface area contributed by atoms with E-state index >= 15 is 0 Å². The second-order valence-corrected chi connectivity index (χ2v) is 7.83. The lowest BCUT2D eigenvalue weighted by Crippen LogP contribution is -2.38. The highest BCUT2D eigenvalue weighted by atomic mass is 19.1. The lowest BCUT2D eigenvalue weighted by atomic mass is 9.95. The number of aliphatic hydroxyl groups is 1. The van der Waals surface area contributed by atoms with Crippen LogP contribution in [-0.2, 0) is 9.59 Å². The molecule has 1 fully saturated rings. The number of rotatable bonds is 8. The molecule has 1 N–H and O–H groups in total. The first kappa shape index (κ1) is 24.1. The van der Waals surface area contributed by atoms with Gasteiger partial charge in [0.2, 0.25) is 0 Å². The van der Waals surface area contributed by atoms with Gasteiger partial charge in [0.15, 0.2) is 0 Å². The van der Waals surface area contributed by atoms with Gasteiger partial charge in [-0.1, -0.05) is 26.0 Å². The molecule has 0 aromatic heterocycles. The first-order valence-corrected chi connectivity index (χ1v) is 10.7. The van der Waals surface area contributed by atoms with E-state index < -0.39 is 34.2 Å². The standard InChI is InChI=1S/C24H26FN3O5/c1-4-26(5-2)12-13-27-21(16-8-10-18(11-9-16)28(32)33)20(23(30)24(27)31)22(29)17-7-6-15(3)19(25)14-17/h6-11,14,21,29H,4-5,12-13H2,1-3H3/t21-/m0/s1. The average Bonchev–Trinajstić information content (AvgIpc) is 3.06. The first-order chi connectivity index (χ1) is 15.7. The lowest BCUT2D eigenvalue weighted by Gasteiger charge is -2.28. The summed E-state index contributed by atoms with van der Waals surface area (Å²) in [5, 5.41) is 22.0. The third-order valence-corrected chi connectivity index (χ3v) is 5.96. The van der Waals surface area contributed by atoms with Gasteiger partial charge in [-0.15, -0.1) is 0 Å². The predicted molar refractivity (Wildman–Crippen MR) is 121 cm³/mol. The number of aryl methyl sites for hydroxylation is 1. The summed E-state index contributed by atoms with van der Waals surface area (Å²) < 4.78 is 14.1. The van der Waals surface area contributed by atoms with Crippen molar-refractivity contribution in [3.63, 3.8) is 0 Å². The number of likely N-dealkylation sites (N-methyl/N-ethyl adjacent to an activating group) is 1. The van der Waals surface area contributed by atoms with E-state index in [1.807, 2.05) is 13.8 Å². The van der Waals surface area contributed by atoms with Gasteiger partial charge in [0.05, 0.1) is 16.5 Å². The summed E-state index contributed by atoms with van der Waals surface area (Å²) in [6.45, 7) is 7.77. The second-order valence-electron chi connectivity index (χ2n) is 7.83. The molecule has 0 saturated carbocycles. The fraction of sp³-hybridized carbons (Fsp3) is 0.333. The van der Waals surface area contributed by atoms with E-state index in [1.165, 1.54) is 41.3 Å². The molecule has 1 heterocycles. The van der Waals surface area contributed by atoms with Gasteiger partial charge in [-0.2, -0.15) is 0 Å². The minimum absolute atomic E-state index is 0.0757. The molecule has 0 radical (unpaired) electrons. The summed E-state index contributed by atoms with van der Waals surface area (Å²) in [6, 6.07) is 8.60. The SMILES string of the molecule is CCN(CC)CCN1C(=O)C(=O)C(=C(O)c2ccc(C)c(F)c2)[C@@H]1c1ccc([N+](=O)[O-])cc1. The molecule has 174 valence electrons. The van der Waals surface area contributed by atoms with E-state index in [-0.39, 0.29) is 23.4 Å². The molecule has 0 aliphatic carbocycles. The maximum Gasteiger partial charge on any atom is 0.295 e. The fourth-order valence-electron chi connectivity index (χ4n) is 3.92. The number of carbonyl (C=O) groups is 2. The normalized spacial score (nSPS) is 17.7. The largest absolute Gasteiger partial charge is 0.507 e. The summed E-state index contributed by atoms with van der Waals surface area (Å²) >= 11 is 0. The van der Waals surface area contributed by atoms with Gasteiger partial charge in [0, 0.05) is 30.8 Å². The Morgan fingerprint density at radius 1 is 1.15 bits per heavy atom. The second kappa shape index (κ2) is 9.91. The van der Waals surface area contributed by atoms with Crippen molar-refractivity contribution in [3.05, 3.63) is 80.7 Å². The van der Waals surface area contributed by atoms with Crippen LogP contribution in [0.5, 0.6) is 0 Å². The summed E-state index contributed by atoms with van der Waals surface area (Å²) in [4.78, 5) is 39.9. The number of aliphatic hydroxyl groups excluding tert-OH is 1. The highest BCUT2D eigenvalue weighted by Gasteiger charge is 2.46. The van der Waals surface area contributed by atoms with E-state index in [0.717, 1.165) is 19.2 Å². The number of Topliss-reactive ketones (excluding diaryl/α,β-unsaturated/α-hetero) is 1. The van der Waals surface area contributed by atoms with Crippen LogP contribution in [0.15, 0.2) is 48.0 Å². The Bertz CT molecular complexity index is 1110. The first-order valence-electron chi connectivity index (χ1n) is 10.7. The zero-order chi connectivity index (χ0) is 24.3. The van der Waals surface area contributed by atoms with Crippen LogP contribution in [-0.4, -0.2) is 57.7 Å². The van der Waals surface area contributed by atoms with E-state index in [9.17, 15) is 29.2 Å². The molecule has 2 aromatic rings. The predicted octanol–water partition coefficient (Wildman–Crippen LogP) is 3.81. The van der Waals surface area contributed by atoms with Crippen LogP contribution >= 0.6 is 0 Å². The summed E-state index contributed by atoms with van der Waals surface area (Å²) in [5.74, 6) is -2.70. The van der Waals surface area contributed by atoms with Crippen LogP contribution < -0.4 is 0 Å². The van der Waals surface area contributed by atoms with Crippen LogP contribution in [0.4, 0.5) is 10.1 Å². The van der Waals surface area contributed by atoms with Crippen molar-refractivity contribution in [2.45, 2.75) is 26.8 Å². The third kappa shape index (κ3) is 4.78. The van der Waals surface area contributed by atoms with Gasteiger partial charge in [-0.05, 0) is 49.3 Å². The molecule has 1 aliphatic rings. The quantitative estimate of drug-likeness (QED) is 0.213. The number of nitro benzene ring substituents is 1. The molecule has 1 amide bonds. The molecular formula is C24H26FN3O5. The molecule has 0 unspecified atom stereocenters. The Balaban J connectivity index is 2.12. The van der Waals surface area contributed by atoms with Crippen LogP contribution in [0, 0.1) is 22.9 Å². The molecule has 1 saturated heterocycles. The van der Waals surface area contributed by atoms with E-state index in [2.05, 4.69) is 4.90 Å². The van der Waals surface area contributed by atoms with Gasteiger partial charge in [0.25, 0.3) is 17.4 Å². The van der Waals surface area contributed by atoms with Crippen molar-refractivity contribution in [2.24, 2.45) is 0 Å². The van der Waals surface area contributed by atoms with Crippen molar-refractivity contribution >= 4 is 23.1 Å². The van der Waals surface area contributed by atoms with Crippen molar-refractivity contribution in [1.82, 2.24) is 9.80 Å². The number of nitro groups is 1. The maximum atomic E-state index is 14.1. The van der Waals surface area contributed by atoms with E-state index in [1.54, 1.807) is 6.92 Å². The van der Waals surface area contributed by atoms with E-state index in [4.69, 9.17) is 0 Å². The average molecular weight is 455 g/mol. The third-order valence-electron chi connectivity index (χ3n) is 5.96. The minimum atomic E-state index is -0.953. The summed E-state index contributed by atoms with van der Waals surface area (Å²) in [6.07, 6.45) is 0. The number of carbonyl (C=O) groups excluding carboxylic acids is 2. The molecule has 1 aliphatic heterocycles. The van der Waals surface area contributed by atoms with Crippen LogP contribution in [0.25, 0.3) is 5.76 Å². The minimum Gasteiger partial charge on any atom is -0.507 e. The Morgan fingerprint density at radius 3 is 2.33 bits per heavy atom. The highest BCUT2D eigenvalue weighted by Crippen LogP contribution is 2.39. The Hall–Kier alpha value is -3.59. The number of likely N-dealkylation sites (tertiary alicyclic amines) is 1. The molecule has 0 spiro atoms. The number of ketones is 1. The van der Waals surface area contributed by atoms with Crippen molar-refractivity contribution in [3.8, 4) is 0 Å². The fourth-order valence-corrected chi connectivity index (χ4v) is 3.92. The number of amides is 1. The molecule has 8 nitrogen and oxygen atoms in total.